The molecular weight excluding hydrogens is 485 g/mol. The van der Waals surface area contributed by atoms with Crippen LogP contribution >= 0.6 is 0 Å². The number of phenolic OH excluding ortho intramolecular Hbond substituents is 1. The van der Waals surface area contributed by atoms with E-state index in [-0.39, 0.29) is 12.3 Å². The van der Waals surface area contributed by atoms with Crippen LogP contribution in [-0.4, -0.2) is 39.0 Å². The molecule has 0 amide bonds. The van der Waals surface area contributed by atoms with Gasteiger partial charge in [-0.15, -0.1) is 0 Å². The van der Waals surface area contributed by atoms with Gasteiger partial charge in [0.05, 0.1) is 17.6 Å². The number of alkyl halides is 3. The van der Waals surface area contributed by atoms with Gasteiger partial charge in [0.1, 0.15) is 34.8 Å². The van der Waals surface area contributed by atoms with Gasteiger partial charge in [-0.05, 0) is 62.4 Å². The van der Waals surface area contributed by atoms with E-state index >= 15 is 0 Å². The van der Waals surface area contributed by atoms with Gasteiger partial charge in [-0.2, -0.15) is 13.2 Å². The van der Waals surface area contributed by atoms with Crippen LogP contribution in [0.5, 0.6) is 17.2 Å². The summed E-state index contributed by atoms with van der Waals surface area (Å²) in [7, 11) is 0. The Balaban J connectivity index is 1.75. The molecule has 4 rings (SSSR count). The molecule has 1 aromatic heterocycles. The van der Waals surface area contributed by atoms with Crippen molar-refractivity contribution in [3.8, 4) is 22.9 Å². The third kappa shape index (κ3) is 6.15. The summed E-state index contributed by atoms with van der Waals surface area (Å²) in [5.41, 5.74) is 2.66. The lowest BCUT2D eigenvalue weighted by atomic mass is 9.98. The van der Waals surface area contributed by atoms with Gasteiger partial charge in [0, 0.05) is 29.9 Å². The van der Waals surface area contributed by atoms with Gasteiger partial charge in [-0.3, -0.25) is 9.88 Å². The number of aryl methyl sites for hydroxylation is 1. The average molecular weight is 515 g/mol. The van der Waals surface area contributed by atoms with E-state index in [4.69, 9.17) is 4.74 Å². The van der Waals surface area contributed by atoms with Gasteiger partial charge in [0.25, 0.3) is 0 Å². The van der Waals surface area contributed by atoms with Crippen molar-refractivity contribution in [1.29, 1.82) is 0 Å². The molecule has 10 heteroatoms. The van der Waals surface area contributed by atoms with E-state index in [9.17, 15) is 23.4 Å². The van der Waals surface area contributed by atoms with Crippen LogP contribution in [0.25, 0.3) is 16.7 Å². The Bertz CT molecular complexity index is 1380. The number of imidazole rings is 1. The molecule has 0 saturated carbocycles. The van der Waals surface area contributed by atoms with Crippen LogP contribution in [0.15, 0.2) is 60.9 Å². The summed E-state index contributed by atoms with van der Waals surface area (Å²) >= 11 is 0. The van der Waals surface area contributed by atoms with Gasteiger partial charge in [0.15, 0.2) is 0 Å². The van der Waals surface area contributed by atoms with Crippen LogP contribution < -0.4 is 15.4 Å². The minimum Gasteiger partial charge on any atom is -0.508 e. The molecule has 0 fully saturated rings. The Hall–Kier alpha value is -3.76. The number of rotatable bonds is 9. The smallest absolute Gasteiger partial charge is 0.390 e. The lowest BCUT2D eigenvalue weighted by Gasteiger charge is -2.27. The number of ether oxygens (including phenoxy) is 1. The average Bonchev–Trinajstić information content (AvgIpc) is 3.23. The van der Waals surface area contributed by atoms with Crippen molar-refractivity contribution in [2.75, 3.05) is 18.4 Å². The summed E-state index contributed by atoms with van der Waals surface area (Å²) in [5.74, 6) is 0.926. The molecule has 0 saturated heterocycles. The molecule has 7 nitrogen and oxygen atoms in total. The number of phenols is 1. The fraction of sp³-hybridized carbons (Fsp3) is 0.296. The summed E-state index contributed by atoms with van der Waals surface area (Å²) in [6, 6.07) is 15.1. The van der Waals surface area contributed by atoms with E-state index in [1.165, 1.54) is 12.1 Å². The summed E-state index contributed by atoms with van der Waals surface area (Å²) in [6.45, 7) is 5.77. The third-order valence-electron chi connectivity index (χ3n) is 5.96. The predicted molar refractivity (Wildman–Crippen MR) is 136 cm³/mol. The Morgan fingerprint density at radius 2 is 1.76 bits per heavy atom. The second kappa shape index (κ2) is 10.3. The Labute approximate surface area is 212 Å². The molecule has 37 heavy (non-hydrogen) atoms. The maximum Gasteiger partial charge on any atom is 0.390 e. The fourth-order valence-corrected chi connectivity index (χ4v) is 4.26. The van der Waals surface area contributed by atoms with Crippen molar-refractivity contribution >= 4 is 16.7 Å². The number of hydrogen-bond donors (Lipinski definition) is 4. The first-order valence-corrected chi connectivity index (χ1v) is 11.8. The lowest BCUT2D eigenvalue weighted by Crippen LogP contribution is -2.39. The van der Waals surface area contributed by atoms with Crippen LogP contribution in [0.1, 0.15) is 31.4 Å². The predicted octanol–water partition coefficient (Wildman–Crippen LogP) is 5.97. The van der Waals surface area contributed by atoms with E-state index in [1.807, 2.05) is 36.6 Å². The first-order chi connectivity index (χ1) is 17.5. The number of aliphatic hydroxyl groups is 1. The van der Waals surface area contributed by atoms with Crippen molar-refractivity contribution in [2.45, 2.75) is 39.1 Å². The summed E-state index contributed by atoms with van der Waals surface area (Å²) in [6.07, 6.45) is -3.69. The van der Waals surface area contributed by atoms with Gasteiger partial charge >= 0.3 is 6.18 Å². The largest absolute Gasteiger partial charge is 0.508 e. The van der Waals surface area contributed by atoms with E-state index in [2.05, 4.69) is 15.6 Å². The molecule has 0 radical (unpaired) electrons. The number of aromatic nitrogens is 2. The number of benzene rings is 3. The van der Waals surface area contributed by atoms with Gasteiger partial charge < -0.3 is 20.3 Å². The molecule has 0 aliphatic rings. The normalized spacial score (nSPS) is 13.5. The number of halogens is 3. The van der Waals surface area contributed by atoms with E-state index in [1.54, 1.807) is 37.5 Å². The first-order valence-electron chi connectivity index (χ1n) is 11.8. The van der Waals surface area contributed by atoms with E-state index in [0.717, 1.165) is 16.8 Å². The van der Waals surface area contributed by atoms with Crippen LogP contribution in [-0.2, 0) is 5.72 Å². The van der Waals surface area contributed by atoms with Crippen LogP contribution in [0, 0.1) is 6.92 Å². The Morgan fingerprint density at radius 1 is 1.03 bits per heavy atom. The monoisotopic (exact) mass is 514 g/mol. The third-order valence-corrected chi connectivity index (χ3v) is 5.96. The standard InChI is InChI=1S/C27H29F3N4O3/c1-4-33-26(3,36)22-10-5-18(13-17(22)2)34-16-32-25-23(31-12-11-27(28,29)30)14-21(15-24(25)34)37-20-8-6-19(35)7-9-20/h5-10,13-16,31,33,35-36H,4,11-12H2,1-3H3. The number of anilines is 1. The zero-order valence-corrected chi connectivity index (χ0v) is 20.7. The SMILES string of the molecule is CCNC(C)(O)c1ccc(-n2cnc3c(NCCC(F)(F)F)cc(Oc4ccc(O)cc4)cc32)cc1C. The molecule has 1 atom stereocenters. The van der Waals surface area contributed by atoms with Crippen LogP contribution in [0.4, 0.5) is 18.9 Å². The van der Waals surface area contributed by atoms with Crippen molar-refractivity contribution in [3.63, 3.8) is 0 Å². The maximum absolute atomic E-state index is 12.8. The molecule has 0 aliphatic heterocycles. The second-order valence-electron chi connectivity index (χ2n) is 8.94. The molecule has 3 aromatic carbocycles. The number of nitrogens with one attached hydrogen (secondary N) is 2. The van der Waals surface area contributed by atoms with Crippen LogP contribution in [0.2, 0.25) is 0 Å². The molecule has 4 N–H and O–H groups in total. The molecule has 0 spiro atoms. The highest BCUT2D eigenvalue weighted by Gasteiger charge is 2.27. The quantitative estimate of drug-likeness (QED) is 0.206. The highest BCUT2D eigenvalue weighted by Crippen LogP contribution is 2.34. The van der Waals surface area contributed by atoms with Crippen molar-refractivity contribution < 1.29 is 28.1 Å². The maximum atomic E-state index is 12.8. The van der Waals surface area contributed by atoms with Crippen molar-refractivity contribution in [1.82, 2.24) is 14.9 Å². The molecule has 0 aliphatic carbocycles. The Kier molecular flexibility index (Phi) is 7.33. The highest BCUT2D eigenvalue weighted by atomic mass is 19.4. The summed E-state index contributed by atoms with van der Waals surface area (Å²) in [4.78, 5) is 4.47. The van der Waals surface area contributed by atoms with Crippen molar-refractivity contribution in [2.24, 2.45) is 0 Å². The fourth-order valence-electron chi connectivity index (χ4n) is 4.26. The molecule has 196 valence electrons. The minimum atomic E-state index is -4.29. The molecule has 1 heterocycles. The number of fused-ring (bicyclic) bond motifs is 1. The topological polar surface area (TPSA) is 91.6 Å². The highest BCUT2D eigenvalue weighted by molar-refractivity contribution is 5.91. The van der Waals surface area contributed by atoms with Gasteiger partial charge in [0.2, 0.25) is 0 Å². The van der Waals surface area contributed by atoms with Crippen LogP contribution in [0.3, 0.4) is 0 Å². The molecule has 0 bridgehead atoms. The lowest BCUT2D eigenvalue weighted by molar-refractivity contribution is -0.131. The van der Waals surface area contributed by atoms with E-state index in [0.29, 0.717) is 34.8 Å². The number of nitrogens with zero attached hydrogens (tertiary/aromatic N) is 2. The second-order valence-corrected chi connectivity index (χ2v) is 8.94. The number of aromatic hydroxyl groups is 1. The zero-order chi connectivity index (χ0) is 26.8. The van der Waals surface area contributed by atoms with Gasteiger partial charge in [-0.25, -0.2) is 4.98 Å². The molecule has 4 aromatic rings. The molecular formula is C27H29F3N4O3. The summed E-state index contributed by atoms with van der Waals surface area (Å²) in [5, 5.41) is 26.2. The molecule has 1 unspecified atom stereocenters. The van der Waals surface area contributed by atoms with Crippen molar-refractivity contribution in [3.05, 3.63) is 72.1 Å². The number of hydrogen-bond acceptors (Lipinski definition) is 6. The minimum absolute atomic E-state index is 0.0855. The van der Waals surface area contributed by atoms with E-state index < -0.39 is 18.3 Å². The zero-order valence-electron chi connectivity index (χ0n) is 20.7. The Morgan fingerprint density at radius 3 is 2.41 bits per heavy atom. The summed E-state index contributed by atoms with van der Waals surface area (Å²) < 4.78 is 46.1. The van der Waals surface area contributed by atoms with Gasteiger partial charge in [-0.1, -0.05) is 13.0 Å². The first kappa shape index (κ1) is 26.3.